The van der Waals surface area contributed by atoms with Crippen molar-refractivity contribution >= 4 is 46.4 Å². The van der Waals surface area contributed by atoms with E-state index in [2.05, 4.69) is 28.1 Å². The number of rotatable bonds is 7. The summed E-state index contributed by atoms with van der Waals surface area (Å²) in [6.45, 7) is 1.31. The molecule has 2 heterocycles. The molecular weight excluding hydrogens is 354 g/mol. The fourth-order valence-corrected chi connectivity index (χ4v) is 4.39. The Hall–Kier alpha value is -1.99. The van der Waals surface area contributed by atoms with Crippen molar-refractivity contribution in [2.45, 2.75) is 18.6 Å². The molecule has 132 valence electrons. The zero-order valence-electron chi connectivity index (χ0n) is 13.9. The van der Waals surface area contributed by atoms with Gasteiger partial charge in [-0.25, -0.2) is 4.79 Å². The number of hydrogen-bond donors (Lipinski definition) is 2. The molecule has 1 aromatic heterocycles. The number of para-hydroxylation sites is 2. The average Bonchev–Trinajstić information content (AvgIpc) is 3.27. The first kappa shape index (κ1) is 17.8. The van der Waals surface area contributed by atoms with Crippen LogP contribution in [0.4, 0.5) is 16.2 Å². The van der Waals surface area contributed by atoms with Gasteiger partial charge in [0.1, 0.15) is 0 Å². The number of urea groups is 1. The maximum absolute atomic E-state index is 12.1. The van der Waals surface area contributed by atoms with Crippen LogP contribution in [-0.2, 0) is 10.5 Å². The molecule has 3 rings (SSSR count). The van der Waals surface area contributed by atoms with E-state index >= 15 is 0 Å². The third-order valence-electron chi connectivity index (χ3n) is 3.87. The first-order chi connectivity index (χ1) is 12.2. The molecule has 2 N–H and O–H groups in total. The minimum absolute atomic E-state index is 0.111. The Balaban J connectivity index is 1.45. The van der Waals surface area contributed by atoms with Gasteiger partial charge < -0.3 is 15.5 Å². The Morgan fingerprint density at radius 1 is 1.24 bits per heavy atom. The fraction of sp³-hybridized carbons (Fsp3) is 0.333. The van der Waals surface area contributed by atoms with E-state index in [-0.39, 0.29) is 11.9 Å². The van der Waals surface area contributed by atoms with Crippen LogP contribution in [0.3, 0.4) is 0 Å². The summed E-state index contributed by atoms with van der Waals surface area (Å²) in [5.74, 6) is 1.94. The number of nitrogens with zero attached hydrogens (tertiary/aromatic N) is 1. The highest BCUT2D eigenvalue weighted by Crippen LogP contribution is 2.29. The predicted molar refractivity (Wildman–Crippen MR) is 106 cm³/mol. The third kappa shape index (κ3) is 4.99. The molecule has 1 aromatic carbocycles. The molecule has 1 aliphatic rings. The van der Waals surface area contributed by atoms with E-state index < -0.39 is 0 Å². The predicted octanol–water partition coefficient (Wildman–Crippen LogP) is 3.93. The Morgan fingerprint density at radius 3 is 2.88 bits per heavy atom. The van der Waals surface area contributed by atoms with Gasteiger partial charge >= 0.3 is 6.03 Å². The zero-order chi connectivity index (χ0) is 17.5. The van der Waals surface area contributed by atoms with E-state index in [4.69, 9.17) is 0 Å². The number of carbonyl (C=O) groups excluding carboxylic acids is 2. The van der Waals surface area contributed by atoms with Gasteiger partial charge in [-0.15, -0.1) is 11.3 Å². The molecule has 0 unspecified atom stereocenters. The molecule has 0 atom stereocenters. The van der Waals surface area contributed by atoms with Crippen molar-refractivity contribution in [2.24, 2.45) is 0 Å². The van der Waals surface area contributed by atoms with Crippen molar-refractivity contribution in [3.63, 3.8) is 0 Å². The summed E-state index contributed by atoms with van der Waals surface area (Å²) in [5, 5.41) is 7.80. The smallest absolute Gasteiger partial charge is 0.319 e. The first-order valence-corrected chi connectivity index (χ1v) is 10.3. The minimum Gasteiger partial charge on any atom is -0.337 e. The number of anilines is 2. The number of nitrogens with one attached hydrogen (secondary N) is 2. The summed E-state index contributed by atoms with van der Waals surface area (Å²) in [5.41, 5.74) is 1.44. The van der Waals surface area contributed by atoms with Crippen molar-refractivity contribution in [1.29, 1.82) is 0 Å². The number of amides is 3. The van der Waals surface area contributed by atoms with E-state index in [9.17, 15) is 9.59 Å². The summed E-state index contributed by atoms with van der Waals surface area (Å²) in [6.07, 6.45) is 1.43. The van der Waals surface area contributed by atoms with E-state index in [0.717, 1.165) is 23.6 Å². The molecule has 1 fully saturated rings. The van der Waals surface area contributed by atoms with E-state index in [1.807, 2.05) is 24.3 Å². The van der Waals surface area contributed by atoms with Gasteiger partial charge in [0.05, 0.1) is 11.4 Å². The van der Waals surface area contributed by atoms with Crippen LogP contribution in [0.1, 0.15) is 17.7 Å². The van der Waals surface area contributed by atoms with Gasteiger partial charge in [-0.05, 0) is 30.0 Å². The van der Waals surface area contributed by atoms with Crippen molar-refractivity contribution in [3.05, 3.63) is 46.7 Å². The molecule has 0 saturated carbocycles. The molecule has 3 amide bonds. The summed E-state index contributed by atoms with van der Waals surface area (Å²) >= 11 is 3.55. The van der Waals surface area contributed by atoms with Crippen LogP contribution in [0, 0.1) is 0 Å². The highest BCUT2D eigenvalue weighted by molar-refractivity contribution is 7.98. The molecule has 5 nitrogen and oxygen atoms in total. The standard InChI is InChI=1S/C18H21N3O2S2/c22-17-8-3-10-21(17)16-7-2-1-6-15(16)20-18(23)19-9-12-24-13-14-5-4-11-25-14/h1-2,4-7,11H,3,8-10,12-13H2,(H2,19,20,23). The number of thiophene rings is 1. The van der Waals surface area contributed by atoms with Crippen LogP contribution < -0.4 is 15.5 Å². The van der Waals surface area contributed by atoms with Crippen molar-refractivity contribution < 1.29 is 9.59 Å². The second-order valence-corrected chi connectivity index (χ2v) is 7.82. The lowest BCUT2D eigenvalue weighted by atomic mass is 10.2. The molecule has 0 radical (unpaired) electrons. The van der Waals surface area contributed by atoms with Gasteiger partial charge in [0.25, 0.3) is 0 Å². The van der Waals surface area contributed by atoms with Crippen molar-refractivity contribution in [3.8, 4) is 0 Å². The molecule has 0 aliphatic carbocycles. The number of carbonyl (C=O) groups is 2. The number of hydrogen-bond acceptors (Lipinski definition) is 4. The Morgan fingerprint density at radius 2 is 2.12 bits per heavy atom. The van der Waals surface area contributed by atoms with Gasteiger partial charge in [-0.1, -0.05) is 18.2 Å². The first-order valence-electron chi connectivity index (χ1n) is 8.28. The van der Waals surface area contributed by atoms with Crippen molar-refractivity contribution in [1.82, 2.24) is 5.32 Å². The lowest BCUT2D eigenvalue weighted by Crippen LogP contribution is -2.32. The lowest BCUT2D eigenvalue weighted by Gasteiger charge is -2.20. The number of benzene rings is 1. The van der Waals surface area contributed by atoms with Gasteiger partial charge in [0, 0.05) is 35.9 Å². The van der Waals surface area contributed by atoms with E-state index in [1.165, 1.54) is 4.88 Å². The Labute approximate surface area is 155 Å². The highest BCUT2D eigenvalue weighted by atomic mass is 32.2. The molecule has 1 saturated heterocycles. The minimum atomic E-state index is -0.240. The summed E-state index contributed by atoms with van der Waals surface area (Å²) in [4.78, 5) is 27.2. The largest absolute Gasteiger partial charge is 0.337 e. The van der Waals surface area contributed by atoms with Crippen LogP contribution in [0.25, 0.3) is 0 Å². The topological polar surface area (TPSA) is 61.4 Å². The normalized spacial score (nSPS) is 13.9. The molecule has 0 spiro atoms. The highest BCUT2D eigenvalue weighted by Gasteiger charge is 2.24. The van der Waals surface area contributed by atoms with E-state index in [1.54, 1.807) is 28.0 Å². The molecular formula is C18H21N3O2S2. The van der Waals surface area contributed by atoms with Gasteiger partial charge in [-0.3, -0.25) is 4.79 Å². The second-order valence-electron chi connectivity index (χ2n) is 5.68. The monoisotopic (exact) mass is 375 g/mol. The Bertz CT molecular complexity index is 719. The van der Waals surface area contributed by atoms with Crippen LogP contribution in [-0.4, -0.2) is 30.8 Å². The molecule has 25 heavy (non-hydrogen) atoms. The molecule has 7 heteroatoms. The maximum Gasteiger partial charge on any atom is 0.319 e. The molecule has 1 aliphatic heterocycles. The van der Waals surface area contributed by atoms with Crippen LogP contribution >= 0.6 is 23.1 Å². The second kappa shape index (κ2) is 8.92. The zero-order valence-corrected chi connectivity index (χ0v) is 15.5. The third-order valence-corrected chi connectivity index (χ3v) is 5.94. The molecule has 0 bridgehead atoms. The SMILES string of the molecule is O=C(NCCSCc1cccs1)Nc1ccccc1N1CCCC1=O. The van der Waals surface area contributed by atoms with Crippen LogP contribution in [0.15, 0.2) is 41.8 Å². The van der Waals surface area contributed by atoms with Gasteiger partial charge in [0.2, 0.25) is 5.91 Å². The summed E-state index contributed by atoms with van der Waals surface area (Å²) < 4.78 is 0. The van der Waals surface area contributed by atoms with Crippen LogP contribution in [0.2, 0.25) is 0 Å². The summed E-state index contributed by atoms with van der Waals surface area (Å²) in [6, 6.07) is 11.4. The van der Waals surface area contributed by atoms with Crippen LogP contribution in [0.5, 0.6) is 0 Å². The van der Waals surface area contributed by atoms with Gasteiger partial charge in [0.15, 0.2) is 0 Å². The lowest BCUT2D eigenvalue weighted by molar-refractivity contribution is -0.117. The quantitative estimate of drug-likeness (QED) is 0.721. The fourth-order valence-electron chi connectivity index (χ4n) is 2.69. The van der Waals surface area contributed by atoms with Crippen molar-refractivity contribution in [2.75, 3.05) is 29.1 Å². The average molecular weight is 376 g/mol. The van der Waals surface area contributed by atoms with E-state index in [0.29, 0.717) is 25.2 Å². The molecule has 2 aromatic rings. The Kier molecular flexibility index (Phi) is 6.36. The number of thioether (sulfide) groups is 1. The maximum atomic E-state index is 12.1. The summed E-state index contributed by atoms with van der Waals surface area (Å²) in [7, 11) is 0. The van der Waals surface area contributed by atoms with Gasteiger partial charge in [-0.2, -0.15) is 11.8 Å².